The molecule has 0 aromatic rings. The first-order valence-electron chi connectivity index (χ1n) is 27.7. The van der Waals surface area contributed by atoms with Gasteiger partial charge in [-0.05, 0) is 91.9 Å². The van der Waals surface area contributed by atoms with Crippen LogP contribution in [0.15, 0.2) is 23.3 Å². The summed E-state index contributed by atoms with van der Waals surface area (Å²) in [6.07, 6.45) is -14.7. The Morgan fingerprint density at radius 3 is 1.91 bits per heavy atom. The van der Waals surface area contributed by atoms with Gasteiger partial charge in [0.1, 0.15) is 83.9 Å². The lowest BCUT2D eigenvalue weighted by Gasteiger charge is -2.67. The lowest BCUT2D eigenvalue weighted by Crippen LogP contribution is -2.78. The maximum atomic E-state index is 13.1. The van der Waals surface area contributed by atoms with Gasteiger partial charge in [0.25, 0.3) is 0 Å². The van der Waals surface area contributed by atoms with E-state index in [0.717, 1.165) is 5.57 Å². The van der Waals surface area contributed by atoms with Crippen LogP contribution < -0.4 is 0 Å². The van der Waals surface area contributed by atoms with Gasteiger partial charge >= 0.3 is 11.9 Å². The highest BCUT2D eigenvalue weighted by molar-refractivity contribution is 5.87. The molecule has 8 N–H and O–H groups in total. The second-order valence-electron chi connectivity index (χ2n) is 23.6. The minimum atomic E-state index is -1.94. The number of methoxy groups -OCH3 is 3. The molecule has 0 bridgehead atoms. The molecule has 4 heterocycles. The number of hydrogen-bond donors (Lipinski definition) is 8. The average molecular weight is 1120 g/mol. The van der Waals surface area contributed by atoms with Gasteiger partial charge in [-0.3, -0.25) is 4.79 Å². The zero-order valence-electron chi connectivity index (χ0n) is 47.1. The van der Waals surface area contributed by atoms with Crippen molar-refractivity contribution in [2.45, 2.75) is 266 Å². The van der Waals surface area contributed by atoms with Crippen molar-refractivity contribution in [3.63, 3.8) is 0 Å². The van der Waals surface area contributed by atoms with E-state index >= 15 is 0 Å². The van der Waals surface area contributed by atoms with Crippen LogP contribution in [0.3, 0.4) is 0 Å². The van der Waals surface area contributed by atoms with Gasteiger partial charge in [-0.15, -0.1) is 0 Å². The Balaban J connectivity index is 0.882. The summed E-state index contributed by atoms with van der Waals surface area (Å²) in [6.45, 7) is 14.6. The Morgan fingerprint density at radius 1 is 0.731 bits per heavy atom. The van der Waals surface area contributed by atoms with Gasteiger partial charge in [0.05, 0.1) is 48.6 Å². The van der Waals surface area contributed by atoms with Gasteiger partial charge in [-0.1, -0.05) is 31.6 Å². The van der Waals surface area contributed by atoms with Crippen LogP contribution >= 0.6 is 0 Å². The van der Waals surface area contributed by atoms with Crippen LogP contribution in [0.5, 0.6) is 0 Å². The third kappa shape index (κ3) is 10.6. The van der Waals surface area contributed by atoms with Crippen LogP contribution in [0.25, 0.3) is 0 Å². The molecule has 23 nitrogen and oxygen atoms in total. The highest BCUT2D eigenvalue weighted by Gasteiger charge is 2.81. The first-order valence-corrected chi connectivity index (χ1v) is 27.7. The number of fused-ring (bicyclic) bond motifs is 5. The molecule has 0 aromatic carbocycles. The fraction of sp³-hybridized carbons (Fsp3) is 0.891. The molecule has 8 rings (SSSR count). The van der Waals surface area contributed by atoms with Gasteiger partial charge < -0.3 is 102 Å². The number of rotatable bonds is 16. The Bertz CT molecular complexity index is 2160. The molecule has 4 saturated heterocycles. The Labute approximate surface area is 456 Å². The fourth-order valence-corrected chi connectivity index (χ4v) is 14.7. The molecular formula is C55H88O23. The third-order valence-electron chi connectivity index (χ3n) is 19.6. The standard InChI is InChI=1S/C55H88O23/c1-13-25(2)48(62)72-29(6)53(63)18-19-55(65)52(53,9)37(73-30(7)57)23-36-51(8)16-15-32(20-31(51)14-17-54(36,55)64)74-38-21-33(66-10)44(26(3)69-38)76-39-22-34(67-11)45(27(4)70-39)77-50-43(61)47(68-12)46(28(5)71-50)78-49-42(60)41(59)40(58)35(24-56)75-49/h13-14,26-29,32-47,49-50,56,58-61,63-65H,15-24H2,1-12H3/b25-13+/t26-,27-,28-,29+,32+,33+,34-,35-,36-,37-,38+,39+,40-,41+,42-,43-,44-,45-,46-,47-,49+,50+,51+,52-,53-,54+,55+/m1/s1. The summed E-state index contributed by atoms with van der Waals surface area (Å²) in [5, 5.41) is 91.1. The largest absolute Gasteiger partial charge is 0.462 e. The number of aliphatic hydroxyl groups excluding tert-OH is 5. The minimum absolute atomic E-state index is 0.0109. The van der Waals surface area contributed by atoms with Crippen LogP contribution in [0.2, 0.25) is 0 Å². The van der Waals surface area contributed by atoms with Gasteiger partial charge in [0.2, 0.25) is 0 Å². The number of aliphatic hydroxyl groups is 8. The summed E-state index contributed by atoms with van der Waals surface area (Å²) in [5.41, 5.74) is -6.41. The highest BCUT2D eigenvalue weighted by Crippen LogP contribution is 2.71. The van der Waals surface area contributed by atoms with E-state index in [1.165, 1.54) is 21.1 Å². The van der Waals surface area contributed by atoms with E-state index in [1.54, 1.807) is 54.7 Å². The minimum Gasteiger partial charge on any atom is -0.462 e. The van der Waals surface area contributed by atoms with Gasteiger partial charge in [0.15, 0.2) is 25.2 Å². The van der Waals surface area contributed by atoms with Crippen LogP contribution in [0.1, 0.15) is 120 Å². The average Bonchev–Trinajstić information content (AvgIpc) is 3.40. The van der Waals surface area contributed by atoms with E-state index in [0.29, 0.717) is 31.3 Å². The predicted molar refractivity (Wildman–Crippen MR) is 269 cm³/mol. The molecule has 78 heavy (non-hydrogen) atoms. The van der Waals surface area contributed by atoms with Gasteiger partial charge in [0, 0.05) is 52.6 Å². The Kier molecular flexibility index (Phi) is 18.8. The van der Waals surface area contributed by atoms with Gasteiger partial charge in [-0.25, -0.2) is 4.79 Å². The third-order valence-corrected chi connectivity index (χ3v) is 19.6. The Morgan fingerprint density at radius 2 is 1.32 bits per heavy atom. The Hall–Kier alpha value is -2.34. The molecule has 0 amide bonds. The summed E-state index contributed by atoms with van der Waals surface area (Å²) in [6, 6.07) is 0. The van der Waals surface area contributed by atoms with Crippen molar-refractivity contribution in [3.8, 4) is 0 Å². The molecule has 7 fully saturated rings. The summed E-state index contributed by atoms with van der Waals surface area (Å²) >= 11 is 0. The molecule has 8 aliphatic rings. The van der Waals surface area contributed by atoms with Crippen LogP contribution in [-0.2, 0) is 71.2 Å². The number of carbonyl (C=O) groups excluding carboxylic acids is 2. The van der Waals surface area contributed by atoms with Crippen LogP contribution in [0.4, 0.5) is 0 Å². The molecule has 0 aromatic heterocycles. The smallest absolute Gasteiger partial charge is 0.333 e. The first kappa shape index (κ1) is 61.7. The molecule has 23 heteroatoms. The number of allylic oxidation sites excluding steroid dienone is 1. The SMILES string of the molecule is C/C=C(\C)C(=O)O[C@@H](C)[C@]1(O)CC[C@]2(O)[C@]1(C)[C@H](OC(C)=O)C[C@@H]1[C@@]3(C)CC[C@H](O[C@H]4C[C@H](OC)[C@H](O[C@H]5C[C@@H](OC)[C@H](O[C@@H]6O[C@H](C)[C@@H](O[C@@H]7O[C@H](CO)[C@@H](O)[C@H](O)[C@H]7O)[C@H](OC)[C@H]6O)[C@@H](C)O5)[C@@H](C)O4)CC3=CC[C@]12O. The zero-order chi connectivity index (χ0) is 57.2. The number of esters is 2. The lowest BCUT2D eigenvalue weighted by atomic mass is 9.42. The summed E-state index contributed by atoms with van der Waals surface area (Å²) in [4.78, 5) is 25.8. The first-order chi connectivity index (χ1) is 36.7. The molecule has 4 aliphatic heterocycles. The number of ether oxygens (including phenoxy) is 13. The van der Waals surface area contributed by atoms with Crippen molar-refractivity contribution in [2.24, 2.45) is 16.7 Å². The highest BCUT2D eigenvalue weighted by atomic mass is 16.8. The van der Waals surface area contributed by atoms with E-state index in [2.05, 4.69) is 6.92 Å². The van der Waals surface area contributed by atoms with E-state index in [9.17, 15) is 50.4 Å². The molecule has 0 radical (unpaired) electrons. The molecule has 0 spiro atoms. The van der Waals surface area contributed by atoms with E-state index in [4.69, 9.17) is 61.6 Å². The lowest BCUT2D eigenvalue weighted by molar-refractivity contribution is -0.373. The molecule has 27 atom stereocenters. The van der Waals surface area contributed by atoms with Crippen molar-refractivity contribution in [1.29, 1.82) is 0 Å². The normalized spacial score (nSPS) is 50.1. The van der Waals surface area contributed by atoms with Crippen molar-refractivity contribution in [3.05, 3.63) is 23.3 Å². The van der Waals surface area contributed by atoms with Crippen LogP contribution in [-0.4, -0.2) is 226 Å². The van der Waals surface area contributed by atoms with Crippen molar-refractivity contribution >= 4 is 11.9 Å². The number of hydrogen-bond acceptors (Lipinski definition) is 23. The topological polar surface area (TPSA) is 316 Å². The monoisotopic (exact) mass is 1120 g/mol. The molecule has 3 saturated carbocycles. The molecular weight excluding hydrogens is 1030 g/mol. The van der Waals surface area contributed by atoms with Crippen molar-refractivity contribution in [2.75, 3.05) is 27.9 Å². The van der Waals surface area contributed by atoms with E-state index in [-0.39, 0.29) is 38.2 Å². The van der Waals surface area contributed by atoms with Crippen molar-refractivity contribution in [1.82, 2.24) is 0 Å². The quantitative estimate of drug-likeness (QED) is 0.0610. The zero-order valence-corrected chi connectivity index (χ0v) is 47.1. The maximum Gasteiger partial charge on any atom is 0.333 e. The second kappa shape index (κ2) is 23.7. The summed E-state index contributed by atoms with van der Waals surface area (Å²) < 4.78 is 79.7. The van der Waals surface area contributed by atoms with Crippen molar-refractivity contribution < 1.29 is 112 Å². The van der Waals surface area contributed by atoms with E-state index in [1.807, 2.05) is 13.0 Å². The summed E-state index contributed by atoms with van der Waals surface area (Å²) in [7, 11) is 4.49. The van der Waals surface area contributed by atoms with Crippen LogP contribution in [0, 0.1) is 16.7 Å². The molecule has 0 unspecified atom stereocenters. The van der Waals surface area contributed by atoms with E-state index < -0.39 is 175 Å². The molecule has 446 valence electrons. The summed E-state index contributed by atoms with van der Waals surface area (Å²) in [5.74, 6) is -1.79. The maximum absolute atomic E-state index is 13.1. The number of carbonyl (C=O) groups is 2. The predicted octanol–water partition coefficient (Wildman–Crippen LogP) is 1.11. The fourth-order valence-electron chi connectivity index (χ4n) is 14.7. The van der Waals surface area contributed by atoms with Gasteiger partial charge in [-0.2, -0.15) is 0 Å². The second-order valence-corrected chi connectivity index (χ2v) is 23.6. The molecule has 4 aliphatic carbocycles.